The predicted molar refractivity (Wildman–Crippen MR) is 84.7 cm³/mol. The van der Waals surface area contributed by atoms with Crippen LogP contribution in [0.1, 0.15) is 24.4 Å². The summed E-state index contributed by atoms with van der Waals surface area (Å²) in [5, 5.41) is 14.0. The molecule has 0 saturated carbocycles. The van der Waals surface area contributed by atoms with E-state index in [9.17, 15) is 14.9 Å². The van der Waals surface area contributed by atoms with Crippen molar-refractivity contribution >= 4 is 21.8 Å². The number of hydrogen-bond acceptors (Lipinski definition) is 6. The Kier molecular flexibility index (Phi) is 5.30. The molecule has 126 valence electrons. The fraction of sp³-hybridized carbons (Fsp3) is 0.500. The molecule has 0 bridgehead atoms. The Hall–Kier alpha value is -2.03. The van der Waals surface area contributed by atoms with Crippen molar-refractivity contribution in [1.29, 1.82) is 0 Å². The van der Waals surface area contributed by atoms with E-state index in [4.69, 9.17) is 14.2 Å². The number of amides is 1. The molecule has 0 radical (unpaired) electrons. The topological polar surface area (TPSA) is 99.9 Å². The summed E-state index contributed by atoms with van der Waals surface area (Å²) in [6.07, 6.45) is 0.302. The maximum Gasteiger partial charge on any atom is 0.237 e. The Morgan fingerprint density at radius 2 is 1.91 bits per heavy atom. The third-order valence-corrected chi connectivity index (χ3v) is 4.59. The van der Waals surface area contributed by atoms with Gasteiger partial charge in [-0.25, -0.2) is 0 Å². The summed E-state index contributed by atoms with van der Waals surface area (Å²) in [5.41, 5.74) is 0.509. The van der Waals surface area contributed by atoms with Gasteiger partial charge in [-0.05, 0) is 22.0 Å². The molecule has 1 N–H and O–H groups in total. The van der Waals surface area contributed by atoms with Gasteiger partial charge in [0.1, 0.15) is 6.04 Å². The Balaban J connectivity index is 2.60. The first-order chi connectivity index (χ1) is 10.9. The number of carbonyl (C=O) groups excluding carboxylic acids is 1. The van der Waals surface area contributed by atoms with Gasteiger partial charge in [0.05, 0.1) is 25.8 Å². The smallest absolute Gasteiger partial charge is 0.237 e. The number of benzene rings is 1. The van der Waals surface area contributed by atoms with Crippen LogP contribution in [-0.4, -0.2) is 38.2 Å². The average molecular weight is 389 g/mol. The van der Waals surface area contributed by atoms with Gasteiger partial charge in [0.15, 0.2) is 11.5 Å². The van der Waals surface area contributed by atoms with E-state index in [-0.39, 0.29) is 23.7 Å². The van der Waals surface area contributed by atoms with Gasteiger partial charge in [-0.3, -0.25) is 14.9 Å². The number of rotatable bonds is 5. The van der Waals surface area contributed by atoms with Gasteiger partial charge in [-0.15, -0.1) is 0 Å². The van der Waals surface area contributed by atoms with Crippen LogP contribution < -0.4 is 19.5 Å². The lowest BCUT2D eigenvalue weighted by atomic mass is 9.92. The second kappa shape index (κ2) is 7.03. The summed E-state index contributed by atoms with van der Waals surface area (Å²) in [6, 6.07) is -0.0980. The molecule has 1 aromatic rings. The second-order valence-electron chi connectivity index (χ2n) is 4.99. The van der Waals surface area contributed by atoms with Crippen molar-refractivity contribution < 1.29 is 23.9 Å². The van der Waals surface area contributed by atoms with Crippen molar-refractivity contribution in [3.05, 3.63) is 26.2 Å². The first kappa shape index (κ1) is 17.3. The van der Waals surface area contributed by atoms with Crippen LogP contribution in [0.25, 0.3) is 0 Å². The van der Waals surface area contributed by atoms with E-state index in [2.05, 4.69) is 21.2 Å². The van der Waals surface area contributed by atoms with Crippen LogP contribution in [-0.2, 0) is 4.79 Å². The third-order valence-electron chi connectivity index (χ3n) is 3.77. The Morgan fingerprint density at radius 1 is 1.26 bits per heavy atom. The highest BCUT2D eigenvalue weighted by atomic mass is 79.9. The maximum atomic E-state index is 11.7. The molecule has 2 rings (SSSR count). The van der Waals surface area contributed by atoms with Gasteiger partial charge >= 0.3 is 0 Å². The summed E-state index contributed by atoms with van der Waals surface area (Å²) in [6.45, 7) is 0. The molecule has 9 heteroatoms. The van der Waals surface area contributed by atoms with Crippen molar-refractivity contribution in [3.8, 4) is 17.2 Å². The number of piperidine rings is 1. The highest BCUT2D eigenvalue weighted by Crippen LogP contribution is 2.47. The molecule has 0 aliphatic carbocycles. The van der Waals surface area contributed by atoms with E-state index < -0.39 is 12.1 Å². The number of ether oxygens (including phenoxy) is 3. The van der Waals surface area contributed by atoms with E-state index in [1.807, 2.05) is 0 Å². The fourth-order valence-electron chi connectivity index (χ4n) is 2.67. The average Bonchev–Trinajstić information content (AvgIpc) is 2.53. The zero-order chi connectivity index (χ0) is 17.1. The van der Waals surface area contributed by atoms with Crippen LogP contribution >= 0.6 is 15.9 Å². The monoisotopic (exact) mass is 388 g/mol. The van der Waals surface area contributed by atoms with Crippen LogP contribution in [0.15, 0.2) is 10.5 Å². The van der Waals surface area contributed by atoms with Crippen molar-refractivity contribution in [2.24, 2.45) is 0 Å². The maximum absolute atomic E-state index is 11.7. The van der Waals surface area contributed by atoms with Gasteiger partial charge in [0, 0.05) is 23.3 Å². The van der Waals surface area contributed by atoms with Crippen LogP contribution in [0.5, 0.6) is 17.2 Å². The minimum atomic E-state index is -0.924. The summed E-state index contributed by atoms with van der Waals surface area (Å²) in [5.74, 6) is 0.854. The van der Waals surface area contributed by atoms with Gasteiger partial charge in [0.25, 0.3) is 0 Å². The Bertz CT molecular complexity index is 636. The first-order valence-electron chi connectivity index (χ1n) is 6.85. The fourth-order valence-corrected chi connectivity index (χ4v) is 3.37. The van der Waals surface area contributed by atoms with Crippen LogP contribution in [0.2, 0.25) is 0 Å². The molecule has 1 aliphatic rings. The zero-order valence-electron chi connectivity index (χ0n) is 12.9. The molecule has 2 atom stereocenters. The highest BCUT2D eigenvalue weighted by Gasteiger charge is 2.40. The summed E-state index contributed by atoms with van der Waals surface area (Å²) in [7, 11) is 4.38. The van der Waals surface area contributed by atoms with Crippen molar-refractivity contribution in [1.82, 2.24) is 5.32 Å². The number of carbonyl (C=O) groups is 1. The van der Waals surface area contributed by atoms with Crippen LogP contribution in [0, 0.1) is 10.1 Å². The molecule has 23 heavy (non-hydrogen) atoms. The molecular weight excluding hydrogens is 372 g/mol. The van der Waals surface area contributed by atoms with Gasteiger partial charge in [0.2, 0.25) is 17.7 Å². The molecule has 0 spiro atoms. The normalized spacial score (nSPS) is 20.6. The number of nitrogens with one attached hydrogen (secondary N) is 1. The molecule has 8 nitrogen and oxygen atoms in total. The highest BCUT2D eigenvalue weighted by molar-refractivity contribution is 9.10. The zero-order valence-corrected chi connectivity index (χ0v) is 14.5. The van der Waals surface area contributed by atoms with E-state index in [1.165, 1.54) is 21.3 Å². The van der Waals surface area contributed by atoms with Crippen LogP contribution in [0.3, 0.4) is 0 Å². The number of halogens is 1. The molecular formula is C14H17BrN2O6. The van der Waals surface area contributed by atoms with Gasteiger partial charge < -0.3 is 19.5 Å². The molecule has 0 unspecified atom stereocenters. The molecule has 0 aromatic heterocycles. The van der Waals surface area contributed by atoms with Crippen molar-refractivity contribution in [2.45, 2.75) is 24.9 Å². The van der Waals surface area contributed by atoms with E-state index in [0.29, 0.717) is 27.3 Å². The first-order valence-corrected chi connectivity index (χ1v) is 7.65. The van der Waals surface area contributed by atoms with E-state index in [0.717, 1.165) is 0 Å². The van der Waals surface area contributed by atoms with E-state index >= 15 is 0 Å². The number of hydrogen-bond donors (Lipinski definition) is 1. The van der Waals surface area contributed by atoms with Crippen molar-refractivity contribution in [2.75, 3.05) is 21.3 Å². The largest absolute Gasteiger partial charge is 0.493 e. The number of methoxy groups -OCH3 is 3. The lowest BCUT2D eigenvalue weighted by molar-refractivity contribution is -0.529. The lowest BCUT2D eigenvalue weighted by Crippen LogP contribution is -2.45. The Labute approximate surface area is 141 Å². The summed E-state index contributed by atoms with van der Waals surface area (Å²) < 4.78 is 16.4. The number of nitrogens with zero attached hydrogens (tertiary/aromatic N) is 1. The minimum Gasteiger partial charge on any atom is -0.493 e. The van der Waals surface area contributed by atoms with Crippen molar-refractivity contribution in [3.63, 3.8) is 0 Å². The Morgan fingerprint density at radius 3 is 2.43 bits per heavy atom. The standard InChI is InChI=1S/C14H17BrN2O6/c1-21-9-6-7(11(15)14(23-3)13(9)22-2)12-8(17(19)20)4-5-10(18)16-12/h6,8,12H,4-5H2,1-3H3,(H,16,18)/t8-,12+/m1/s1. The van der Waals surface area contributed by atoms with Gasteiger partial charge in [-0.2, -0.15) is 0 Å². The predicted octanol–water partition coefficient (Wildman–Crippen LogP) is 2.07. The summed E-state index contributed by atoms with van der Waals surface area (Å²) in [4.78, 5) is 22.7. The molecule has 1 fully saturated rings. The minimum absolute atomic E-state index is 0.129. The molecule has 1 heterocycles. The molecule has 1 aromatic carbocycles. The number of nitro groups is 1. The third kappa shape index (κ3) is 3.19. The van der Waals surface area contributed by atoms with E-state index in [1.54, 1.807) is 6.07 Å². The van der Waals surface area contributed by atoms with Gasteiger partial charge in [-0.1, -0.05) is 0 Å². The molecule has 1 aliphatic heterocycles. The second-order valence-corrected chi connectivity index (χ2v) is 5.78. The summed E-state index contributed by atoms with van der Waals surface area (Å²) >= 11 is 3.39. The van der Waals surface area contributed by atoms with Crippen LogP contribution in [0.4, 0.5) is 0 Å². The quantitative estimate of drug-likeness (QED) is 0.612. The molecule has 1 saturated heterocycles. The molecule has 1 amide bonds. The lowest BCUT2D eigenvalue weighted by Gasteiger charge is -2.28. The SMILES string of the molecule is COc1cc([C@@H]2NC(=O)CC[C@H]2[N+](=O)[O-])c(Br)c(OC)c1OC.